The number of rotatable bonds is 8. The van der Waals surface area contributed by atoms with Crippen LogP contribution >= 0.6 is 0 Å². The molecule has 9 nitrogen and oxygen atoms in total. The first-order valence-electron chi connectivity index (χ1n) is 8.68. The van der Waals surface area contributed by atoms with Gasteiger partial charge in [-0.05, 0) is 18.4 Å². The number of benzene rings is 1. The number of aliphatic carboxylic acids is 1. The second-order valence-electron chi connectivity index (χ2n) is 6.22. The Hall–Kier alpha value is -3.36. The molecule has 0 saturated carbocycles. The highest BCUT2D eigenvalue weighted by atomic mass is 16.5. The molecular weight excluding hydrogens is 366 g/mol. The van der Waals surface area contributed by atoms with Crippen molar-refractivity contribution < 1.29 is 29.0 Å². The fraction of sp³-hybridized carbons (Fsp3) is 0.368. The van der Waals surface area contributed by atoms with E-state index in [1.807, 2.05) is 6.07 Å². The maximum atomic E-state index is 12.5. The summed E-state index contributed by atoms with van der Waals surface area (Å²) >= 11 is 0. The maximum Gasteiger partial charge on any atom is 0.408 e. The fourth-order valence-electron chi connectivity index (χ4n) is 2.17. The first-order valence-corrected chi connectivity index (χ1v) is 8.68. The van der Waals surface area contributed by atoms with Crippen molar-refractivity contribution in [3.05, 3.63) is 48.0 Å². The Morgan fingerprint density at radius 2 is 1.82 bits per heavy atom. The molecule has 0 fully saturated rings. The van der Waals surface area contributed by atoms with Crippen molar-refractivity contribution in [3.63, 3.8) is 0 Å². The van der Waals surface area contributed by atoms with E-state index < -0.39 is 36.5 Å². The first-order chi connectivity index (χ1) is 13.2. The van der Waals surface area contributed by atoms with Gasteiger partial charge in [0.25, 0.3) is 11.8 Å². The van der Waals surface area contributed by atoms with Gasteiger partial charge in [0, 0.05) is 6.08 Å². The molecule has 0 aliphatic rings. The number of amides is 3. The molecule has 3 N–H and O–H groups in total. The third kappa shape index (κ3) is 7.90. The van der Waals surface area contributed by atoms with Gasteiger partial charge in [0.2, 0.25) is 0 Å². The van der Waals surface area contributed by atoms with Gasteiger partial charge >= 0.3 is 12.1 Å². The lowest BCUT2D eigenvalue weighted by Crippen LogP contribution is -2.56. The molecule has 0 radical (unpaired) electrons. The Labute approximate surface area is 163 Å². The number of nitrogens with zero attached hydrogens (tertiary/aromatic N) is 1. The molecule has 1 aromatic carbocycles. The molecule has 9 heteroatoms. The average molecular weight is 391 g/mol. The molecule has 0 aliphatic carbocycles. The molecule has 0 heterocycles. The van der Waals surface area contributed by atoms with Gasteiger partial charge in [-0.1, -0.05) is 50.3 Å². The summed E-state index contributed by atoms with van der Waals surface area (Å²) in [6.07, 6.45) is 1.74. The smallest absolute Gasteiger partial charge is 0.408 e. The van der Waals surface area contributed by atoms with E-state index in [0.717, 1.165) is 11.6 Å². The minimum absolute atomic E-state index is 0.0318. The number of alkyl carbamates (subject to hydrolysis) is 1. The second-order valence-corrected chi connectivity index (χ2v) is 6.22. The average Bonchev–Trinajstić information content (AvgIpc) is 2.64. The number of nitrogens with one attached hydrogen (secondary N) is 2. The number of carbonyl (C=O) groups excluding carboxylic acids is 3. The highest BCUT2D eigenvalue weighted by molar-refractivity contribution is 5.93. The van der Waals surface area contributed by atoms with Gasteiger partial charge in [0.15, 0.2) is 0 Å². The number of allylic oxidation sites excluding steroid dienone is 1. The lowest BCUT2D eigenvalue weighted by molar-refractivity contribution is -0.148. The lowest BCUT2D eigenvalue weighted by atomic mass is 10.0. The fourth-order valence-corrected chi connectivity index (χ4v) is 2.17. The molecule has 1 aromatic rings. The quantitative estimate of drug-likeness (QED) is 0.455. The molecule has 3 amide bonds. The molecule has 1 atom stereocenters. The lowest BCUT2D eigenvalue weighted by Gasteiger charge is -2.26. The molecule has 152 valence electrons. The van der Waals surface area contributed by atoms with Crippen LogP contribution in [0.3, 0.4) is 0 Å². The topological polar surface area (TPSA) is 125 Å². The highest BCUT2D eigenvalue weighted by Gasteiger charge is 2.28. The van der Waals surface area contributed by atoms with Crippen LogP contribution in [0.4, 0.5) is 4.79 Å². The van der Waals surface area contributed by atoms with E-state index in [-0.39, 0.29) is 12.5 Å². The number of hydrazine groups is 1. The largest absolute Gasteiger partial charge is 0.480 e. The van der Waals surface area contributed by atoms with Crippen LogP contribution in [0.25, 0.3) is 0 Å². The van der Waals surface area contributed by atoms with E-state index in [1.54, 1.807) is 45.0 Å². The van der Waals surface area contributed by atoms with Gasteiger partial charge in [-0.2, -0.15) is 0 Å². The van der Waals surface area contributed by atoms with Crippen molar-refractivity contribution in [2.24, 2.45) is 5.92 Å². The third-order valence-corrected chi connectivity index (χ3v) is 3.55. The van der Waals surface area contributed by atoms with E-state index in [4.69, 9.17) is 9.84 Å². The van der Waals surface area contributed by atoms with Crippen molar-refractivity contribution in [2.45, 2.75) is 33.4 Å². The van der Waals surface area contributed by atoms with E-state index in [9.17, 15) is 19.2 Å². The van der Waals surface area contributed by atoms with E-state index >= 15 is 0 Å². The zero-order chi connectivity index (χ0) is 21.1. The van der Waals surface area contributed by atoms with Gasteiger partial charge in [0.1, 0.15) is 19.2 Å². The van der Waals surface area contributed by atoms with Gasteiger partial charge in [-0.15, -0.1) is 0 Å². The first kappa shape index (κ1) is 22.7. The highest BCUT2D eigenvalue weighted by Crippen LogP contribution is 2.05. The summed E-state index contributed by atoms with van der Waals surface area (Å²) in [5.41, 5.74) is 3.02. The van der Waals surface area contributed by atoms with Crippen LogP contribution in [-0.2, 0) is 25.7 Å². The van der Waals surface area contributed by atoms with Crippen LogP contribution in [0.2, 0.25) is 0 Å². The van der Waals surface area contributed by atoms with E-state index in [2.05, 4.69) is 10.7 Å². The number of hydrogen-bond donors (Lipinski definition) is 3. The van der Waals surface area contributed by atoms with Crippen molar-refractivity contribution >= 4 is 23.9 Å². The standard InChI is InChI=1S/C19H25N3O6/c1-4-8-15(23)22(11-16(24)25)21-18(26)17(13(2)3)20-19(27)28-12-14-9-6-5-7-10-14/h4-10,13,17H,11-12H2,1-3H3,(H,20,27)(H,21,26)(H,24,25)/b8-4+/t17-/m0/s1. The van der Waals surface area contributed by atoms with Crippen molar-refractivity contribution in [2.75, 3.05) is 6.54 Å². The van der Waals surface area contributed by atoms with Crippen LogP contribution < -0.4 is 10.7 Å². The number of carboxylic acid groups (broad SMARTS) is 1. The van der Waals surface area contributed by atoms with Crippen LogP contribution in [0, 0.1) is 5.92 Å². The SMILES string of the molecule is C/C=C/C(=O)N(CC(=O)O)NC(=O)[C@@H](NC(=O)OCc1ccccc1)C(C)C. The zero-order valence-corrected chi connectivity index (χ0v) is 16.0. The van der Waals surface area contributed by atoms with Gasteiger partial charge in [-0.25, -0.2) is 9.80 Å². The van der Waals surface area contributed by atoms with Gasteiger partial charge in [-0.3, -0.25) is 19.8 Å². The zero-order valence-electron chi connectivity index (χ0n) is 16.0. The molecule has 0 spiro atoms. The van der Waals surface area contributed by atoms with Crippen LogP contribution in [0.1, 0.15) is 26.3 Å². The van der Waals surface area contributed by atoms with Crippen LogP contribution in [-0.4, -0.2) is 46.6 Å². The molecule has 1 rings (SSSR count). The molecule has 0 saturated heterocycles. The summed E-state index contributed by atoms with van der Waals surface area (Å²) in [5, 5.41) is 12.0. The number of hydrogen-bond acceptors (Lipinski definition) is 5. The molecule has 28 heavy (non-hydrogen) atoms. The minimum Gasteiger partial charge on any atom is -0.480 e. The van der Waals surface area contributed by atoms with Crippen LogP contribution in [0.5, 0.6) is 0 Å². The summed E-state index contributed by atoms with van der Waals surface area (Å²) in [6, 6.07) is 7.99. The molecule has 0 bridgehead atoms. The van der Waals surface area contributed by atoms with Crippen LogP contribution in [0.15, 0.2) is 42.5 Å². The minimum atomic E-state index is -1.30. The molecule has 0 aromatic heterocycles. The van der Waals surface area contributed by atoms with Crippen molar-refractivity contribution in [3.8, 4) is 0 Å². The normalized spacial score (nSPS) is 11.7. The predicted octanol–water partition coefficient (Wildman–Crippen LogP) is 1.46. The van der Waals surface area contributed by atoms with Gasteiger partial charge < -0.3 is 15.2 Å². The summed E-state index contributed by atoms with van der Waals surface area (Å²) in [7, 11) is 0. The second kappa shape index (κ2) is 11.4. The third-order valence-electron chi connectivity index (χ3n) is 3.55. The Bertz CT molecular complexity index is 718. The molecule has 0 aliphatic heterocycles. The Balaban J connectivity index is 2.73. The summed E-state index contributed by atoms with van der Waals surface area (Å²) in [4.78, 5) is 47.4. The maximum absolute atomic E-state index is 12.5. The number of carbonyl (C=O) groups is 4. The molecular formula is C19H25N3O6. The summed E-state index contributed by atoms with van der Waals surface area (Å²) in [5.74, 6) is -3.07. The monoisotopic (exact) mass is 391 g/mol. The van der Waals surface area contributed by atoms with E-state index in [1.165, 1.54) is 6.08 Å². The van der Waals surface area contributed by atoms with Crippen molar-refractivity contribution in [1.29, 1.82) is 0 Å². The van der Waals surface area contributed by atoms with E-state index in [0.29, 0.717) is 5.01 Å². The summed E-state index contributed by atoms with van der Waals surface area (Å²) < 4.78 is 5.10. The van der Waals surface area contributed by atoms with Crippen molar-refractivity contribution in [1.82, 2.24) is 15.8 Å². The number of ether oxygens (including phenoxy) is 1. The summed E-state index contributed by atoms with van der Waals surface area (Å²) in [6.45, 7) is 4.27. The number of carboxylic acids is 1. The Morgan fingerprint density at radius 3 is 2.36 bits per heavy atom. The van der Waals surface area contributed by atoms with Gasteiger partial charge in [0.05, 0.1) is 0 Å². The molecule has 0 unspecified atom stereocenters. The Morgan fingerprint density at radius 1 is 1.18 bits per heavy atom. The Kier molecular flexibility index (Phi) is 9.21. The predicted molar refractivity (Wildman–Crippen MR) is 101 cm³/mol.